The number of nitrogens with zero attached hydrogens (tertiary/aromatic N) is 2. The number of rotatable bonds is 4. The third-order valence-electron chi connectivity index (χ3n) is 4.19. The minimum atomic E-state index is -0.403. The predicted octanol–water partition coefficient (Wildman–Crippen LogP) is 2.98. The lowest BCUT2D eigenvalue weighted by Gasteiger charge is -2.06. The number of nitrogens with one attached hydrogen (secondary N) is 1. The number of amides is 1. The zero-order chi connectivity index (χ0) is 19.0. The van der Waals surface area contributed by atoms with E-state index in [0.717, 1.165) is 5.39 Å². The molecule has 0 aliphatic rings. The van der Waals surface area contributed by atoms with E-state index >= 15 is 0 Å². The number of hydrogen-bond donors (Lipinski definition) is 1. The lowest BCUT2D eigenvalue weighted by Crippen LogP contribution is -2.24. The third-order valence-corrected chi connectivity index (χ3v) is 4.19. The van der Waals surface area contributed by atoms with Crippen molar-refractivity contribution in [3.8, 4) is 0 Å². The Labute approximate surface area is 153 Å². The number of carbonyl (C=O) groups is 2. The number of aromatic nitrogens is 2. The maximum Gasteiger partial charge on any atom is 0.297 e. The smallest absolute Gasteiger partial charge is 0.297 e. The van der Waals surface area contributed by atoms with E-state index in [1.807, 2.05) is 18.2 Å². The summed E-state index contributed by atoms with van der Waals surface area (Å²) < 4.78 is 6.85. The van der Waals surface area contributed by atoms with Crippen molar-refractivity contribution in [2.45, 2.75) is 13.5 Å². The molecular formula is C20H15N3O4. The molecule has 0 atom stereocenters. The average Bonchev–Trinajstić information content (AvgIpc) is 3.03. The quantitative estimate of drug-likeness (QED) is 0.564. The van der Waals surface area contributed by atoms with Crippen molar-refractivity contribution in [1.29, 1.82) is 0 Å². The van der Waals surface area contributed by atoms with Gasteiger partial charge in [0, 0.05) is 23.6 Å². The van der Waals surface area contributed by atoms with Crippen LogP contribution in [0.4, 0.5) is 5.69 Å². The Hall–Kier alpha value is -3.74. The molecule has 0 unspecified atom stereocenters. The predicted molar refractivity (Wildman–Crippen MR) is 101 cm³/mol. The van der Waals surface area contributed by atoms with Crippen LogP contribution in [0.2, 0.25) is 0 Å². The molecule has 0 fully saturated rings. The number of para-hydroxylation sites is 1. The second-order valence-corrected chi connectivity index (χ2v) is 6.14. The molecule has 0 spiro atoms. The van der Waals surface area contributed by atoms with E-state index in [-0.39, 0.29) is 23.8 Å². The Morgan fingerprint density at radius 2 is 1.85 bits per heavy atom. The maximum absolute atomic E-state index is 12.7. The first-order valence-corrected chi connectivity index (χ1v) is 8.30. The summed E-state index contributed by atoms with van der Waals surface area (Å²) >= 11 is 0. The van der Waals surface area contributed by atoms with Crippen molar-refractivity contribution in [3.63, 3.8) is 0 Å². The van der Waals surface area contributed by atoms with Gasteiger partial charge in [-0.1, -0.05) is 12.1 Å². The summed E-state index contributed by atoms with van der Waals surface area (Å²) in [5.74, 6) is -0.436. The van der Waals surface area contributed by atoms with Crippen LogP contribution in [-0.4, -0.2) is 21.2 Å². The van der Waals surface area contributed by atoms with Gasteiger partial charge in [0.2, 0.25) is 11.5 Å². The highest BCUT2D eigenvalue weighted by Crippen LogP contribution is 2.24. The number of hydrogen-bond acceptors (Lipinski definition) is 5. The number of ketones is 1. The number of Topliss-reactive ketones (excluding diaryl/α,β-unsaturated/α-hetero) is 1. The molecular weight excluding hydrogens is 346 g/mol. The van der Waals surface area contributed by atoms with E-state index in [0.29, 0.717) is 22.4 Å². The van der Waals surface area contributed by atoms with E-state index in [1.165, 1.54) is 17.8 Å². The Balaban J connectivity index is 1.64. The maximum atomic E-state index is 12.7. The van der Waals surface area contributed by atoms with Gasteiger partial charge in [0.1, 0.15) is 11.1 Å². The molecule has 4 aromatic rings. The van der Waals surface area contributed by atoms with Gasteiger partial charge in [-0.05, 0) is 36.4 Å². The molecule has 0 aliphatic heterocycles. The fraction of sp³-hybridized carbons (Fsp3) is 0.100. The minimum absolute atomic E-state index is 0.132. The lowest BCUT2D eigenvalue weighted by molar-refractivity contribution is -0.114. The molecule has 0 saturated heterocycles. The fourth-order valence-corrected chi connectivity index (χ4v) is 2.92. The fourth-order valence-electron chi connectivity index (χ4n) is 2.92. The zero-order valence-corrected chi connectivity index (χ0v) is 14.4. The highest BCUT2D eigenvalue weighted by atomic mass is 16.3. The molecule has 7 heteroatoms. The summed E-state index contributed by atoms with van der Waals surface area (Å²) in [4.78, 5) is 40.5. The van der Waals surface area contributed by atoms with E-state index < -0.39 is 5.56 Å². The third kappa shape index (κ3) is 3.10. The summed E-state index contributed by atoms with van der Waals surface area (Å²) in [6, 6.07) is 13.7. The number of fused-ring (bicyclic) bond motifs is 3. The van der Waals surface area contributed by atoms with Gasteiger partial charge in [0.25, 0.3) is 5.56 Å². The van der Waals surface area contributed by atoms with E-state index in [2.05, 4.69) is 10.3 Å². The van der Waals surface area contributed by atoms with E-state index in [4.69, 9.17) is 4.42 Å². The van der Waals surface area contributed by atoms with Crippen LogP contribution in [0.3, 0.4) is 0 Å². The lowest BCUT2D eigenvalue weighted by atomic mass is 10.1. The Morgan fingerprint density at radius 1 is 1.11 bits per heavy atom. The van der Waals surface area contributed by atoms with Gasteiger partial charge in [-0.15, -0.1) is 0 Å². The molecule has 0 saturated carbocycles. The van der Waals surface area contributed by atoms with Crippen LogP contribution < -0.4 is 10.9 Å². The second-order valence-electron chi connectivity index (χ2n) is 6.14. The van der Waals surface area contributed by atoms with Crippen LogP contribution >= 0.6 is 0 Å². The molecule has 2 aromatic carbocycles. The molecule has 2 heterocycles. The van der Waals surface area contributed by atoms with Crippen molar-refractivity contribution in [3.05, 3.63) is 70.8 Å². The number of benzene rings is 2. The van der Waals surface area contributed by atoms with Crippen molar-refractivity contribution >= 4 is 39.4 Å². The minimum Gasteiger partial charge on any atom is -0.448 e. The van der Waals surface area contributed by atoms with Gasteiger partial charge in [0.05, 0.1) is 12.9 Å². The van der Waals surface area contributed by atoms with Crippen LogP contribution in [-0.2, 0) is 11.3 Å². The van der Waals surface area contributed by atoms with Gasteiger partial charge < -0.3 is 9.73 Å². The van der Waals surface area contributed by atoms with Crippen LogP contribution in [0, 0.1) is 0 Å². The highest BCUT2D eigenvalue weighted by Gasteiger charge is 2.15. The normalized spacial score (nSPS) is 11.0. The van der Waals surface area contributed by atoms with Crippen molar-refractivity contribution < 1.29 is 14.0 Å². The first-order valence-electron chi connectivity index (χ1n) is 8.30. The van der Waals surface area contributed by atoms with Crippen molar-refractivity contribution in [2.75, 3.05) is 5.32 Å². The summed E-state index contributed by atoms with van der Waals surface area (Å²) in [6.45, 7) is 1.25. The number of anilines is 1. The van der Waals surface area contributed by atoms with E-state index in [1.54, 1.807) is 30.3 Å². The Morgan fingerprint density at radius 3 is 2.59 bits per heavy atom. The van der Waals surface area contributed by atoms with Crippen LogP contribution in [0.15, 0.2) is 64.1 Å². The van der Waals surface area contributed by atoms with Gasteiger partial charge in [-0.2, -0.15) is 0 Å². The summed E-state index contributed by atoms with van der Waals surface area (Å²) in [6.07, 6.45) is 1.36. The first-order chi connectivity index (χ1) is 13.0. The molecule has 27 heavy (non-hydrogen) atoms. The monoisotopic (exact) mass is 361 g/mol. The van der Waals surface area contributed by atoms with Gasteiger partial charge in [-0.25, -0.2) is 4.98 Å². The van der Waals surface area contributed by atoms with Gasteiger partial charge in [-0.3, -0.25) is 19.0 Å². The molecule has 1 amide bonds. The Bertz CT molecular complexity index is 1240. The van der Waals surface area contributed by atoms with Gasteiger partial charge in [0.15, 0.2) is 5.78 Å². The molecule has 0 radical (unpaired) electrons. The summed E-state index contributed by atoms with van der Waals surface area (Å²) in [7, 11) is 0. The summed E-state index contributed by atoms with van der Waals surface area (Å²) in [5, 5.41) is 3.40. The van der Waals surface area contributed by atoms with Crippen molar-refractivity contribution in [2.24, 2.45) is 0 Å². The van der Waals surface area contributed by atoms with Crippen LogP contribution in [0.5, 0.6) is 0 Å². The number of carbonyl (C=O) groups excluding carboxylic acids is 2. The number of furan rings is 1. The molecule has 0 aliphatic carbocycles. The SMILES string of the molecule is CC(=O)Nc1ccc(C(=O)Cn2cnc3c(oc4ccccc43)c2=O)cc1. The Kier molecular flexibility index (Phi) is 4.04. The van der Waals surface area contributed by atoms with Crippen LogP contribution in [0.1, 0.15) is 17.3 Å². The highest BCUT2D eigenvalue weighted by molar-refractivity contribution is 6.02. The van der Waals surface area contributed by atoms with Crippen LogP contribution in [0.25, 0.3) is 22.1 Å². The molecule has 134 valence electrons. The molecule has 2 aromatic heterocycles. The van der Waals surface area contributed by atoms with Gasteiger partial charge >= 0.3 is 0 Å². The molecule has 1 N–H and O–H groups in total. The first kappa shape index (κ1) is 16.7. The van der Waals surface area contributed by atoms with E-state index in [9.17, 15) is 14.4 Å². The standard InChI is InChI=1S/C20H15N3O4/c1-12(24)22-14-8-6-13(7-9-14)16(25)10-23-11-21-18-15-4-2-3-5-17(15)27-19(18)20(23)26/h2-9,11H,10H2,1H3,(H,22,24). The molecule has 4 rings (SSSR count). The zero-order valence-electron chi connectivity index (χ0n) is 14.4. The summed E-state index contributed by atoms with van der Waals surface area (Å²) in [5.41, 5.74) is 1.82. The topological polar surface area (TPSA) is 94.2 Å². The largest absolute Gasteiger partial charge is 0.448 e. The second kappa shape index (κ2) is 6.53. The molecule has 7 nitrogen and oxygen atoms in total. The molecule has 0 bridgehead atoms. The average molecular weight is 361 g/mol. The van der Waals surface area contributed by atoms with Crippen molar-refractivity contribution in [1.82, 2.24) is 9.55 Å².